The number of hydrogen-bond acceptors (Lipinski definition) is 4. The molecule has 7 heteroatoms. The van der Waals surface area contributed by atoms with E-state index < -0.39 is 10.1 Å². The van der Waals surface area contributed by atoms with Crippen LogP contribution in [0.5, 0.6) is 5.75 Å². The first kappa shape index (κ1) is 19.4. The minimum absolute atomic E-state index is 0. The summed E-state index contributed by atoms with van der Waals surface area (Å²) in [6.07, 6.45) is 2.90. The van der Waals surface area contributed by atoms with E-state index in [1.807, 2.05) is 24.3 Å². The molecule has 0 N–H and O–H groups in total. The second kappa shape index (κ2) is 10.2. The summed E-state index contributed by atoms with van der Waals surface area (Å²) in [6.45, 7) is 0.603. The van der Waals surface area contributed by atoms with Crippen LogP contribution in [-0.4, -0.2) is 25.3 Å². The van der Waals surface area contributed by atoms with Crippen molar-refractivity contribution in [3.05, 3.63) is 28.7 Å². The first-order valence-electron chi connectivity index (χ1n) is 5.79. The fourth-order valence-electron chi connectivity index (χ4n) is 1.46. The molecule has 1 rings (SSSR count). The van der Waals surface area contributed by atoms with Gasteiger partial charge < -0.3 is 9.29 Å². The van der Waals surface area contributed by atoms with E-state index in [1.54, 1.807) is 0 Å². The fraction of sp³-hybridized carbons (Fsp3) is 0.500. The van der Waals surface area contributed by atoms with Gasteiger partial charge in [-0.15, -0.1) is 0 Å². The maximum Gasteiger partial charge on any atom is 1.00 e. The van der Waals surface area contributed by atoms with Crippen LogP contribution in [-0.2, 0) is 10.1 Å². The SMILES string of the molecule is O=S(=O)([O-])CCCCCCOc1ccc(Br)cc1.[Na+]. The molecule has 4 nitrogen and oxygen atoms in total. The van der Waals surface area contributed by atoms with Gasteiger partial charge in [-0.25, -0.2) is 8.42 Å². The van der Waals surface area contributed by atoms with Crippen LogP contribution in [0.1, 0.15) is 25.7 Å². The second-order valence-electron chi connectivity index (χ2n) is 3.98. The molecule has 0 unspecified atom stereocenters. The van der Waals surface area contributed by atoms with Gasteiger partial charge in [-0.3, -0.25) is 0 Å². The maximum atomic E-state index is 10.3. The van der Waals surface area contributed by atoms with Gasteiger partial charge >= 0.3 is 29.6 Å². The number of halogens is 1. The Morgan fingerprint density at radius 2 is 1.63 bits per heavy atom. The zero-order valence-electron chi connectivity index (χ0n) is 11.0. The van der Waals surface area contributed by atoms with Gasteiger partial charge in [0.15, 0.2) is 0 Å². The van der Waals surface area contributed by atoms with Crippen molar-refractivity contribution in [2.24, 2.45) is 0 Å². The van der Waals surface area contributed by atoms with Crippen LogP contribution in [0, 0.1) is 0 Å². The number of unbranched alkanes of at least 4 members (excludes halogenated alkanes) is 3. The van der Waals surface area contributed by atoms with Gasteiger partial charge in [0.2, 0.25) is 0 Å². The summed E-state index contributed by atoms with van der Waals surface area (Å²) < 4.78 is 37.6. The van der Waals surface area contributed by atoms with E-state index in [2.05, 4.69) is 15.9 Å². The van der Waals surface area contributed by atoms with Gasteiger partial charge in [-0.05, 0) is 37.1 Å². The average Bonchev–Trinajstić information content (AvgIpc) is 2.29. The maximum absolute atomic E-state index is 10.3. The van der Waals surface area contributed by atoms with Crippen molar-refractivity contribution in [1.82, 2.24) is 0 Å². The molecule has 1 aromatic carbocycles. The molecular formula is C12H16BrNaO4S. The minimum atomic E-state index is -4.05. The summed E-state index contributed by atoms with van der Waals surface area (Å²) in [4.78, 5) is 0. The van der Waals surface area contributed by atoms with Crippen LogP contribution in [0.3, 0.4) is 0 Å². The third kappa shape index (κ3) is 10.8. The molecule has 0 saturated carbocycles. The third-order valence-corrected chi connectivity index (χ3v) is 3.69. The topological polar surface area (TPSA) is 66.4 Å². The Labute approximate surface area is 145 Å². The standard InChI is InChI=1S/C12H17BrO4S.Na/c13-11-5-7-12(8-6-11)17-9-3-1-2-4-10-18(14,15)16;/h5-8H,1-4,9-10H2,(H,14,15,16);/q;+1/p-1. The molecule has 1 aromatic rings. The number of ether oxygens (including phenoxy) is 1. The molecule has 0 atom stereocenters. The van der Waals surface area contributed by atoms with Crippen LogP contribution in [0.2, 0.25) is 0 Å². The molecule has 0 saturated heterocycles. The summed E-state index contributed by atoms with van der Waals surface area (Å²) in [5.41, 5.74) is 0. The Bertz CT molecular complexity index is 447. The first-order chi connectivity index (χ1) is 8.47. The average molecular weight is 359 g/mol. The summed E-state index contributed by atoms with van der Waals surface area (Å²) in [6, 6.07) is 7.59. The van der Waals surface area contributed by atoms with Crippen molar-refractivity contribution < 1.29 is 47.3 Å². The molecule has 0 aromatic heterocycles. The van der Waals surface area contributed by atoms with E-state index in [0.717, 1.165) is 29.5 Å². The molecular weight excluding hydrogens is 343 g/mol. The van der Waals surface area contributed by atoms with Gasteiger partial charge in [0.1, 0.15) is 5.75 Å². The summed E-state index contributed by atoms with van der Waals surface area (Å²) in [7, 11) is -4.05. The number of rotatable bonds is 8. The van der Waals surface area contributed by atoms with Gasteiger partial charge in [0.25, 0.3) is 0 Å². The van der Waals surface area contributed by atoms with Gasteiger partial charge in [0, 0.05) is 10.2 Å². The smallest absolute Gasteiger partial charge is 0.748 e. The predicted molar refractivity (Wildman–Crippen MR) is 72.7 cm³/mol. The van der Waals surface area contributed by atoms with E-state index in [0.29, 0.717) is 13.0 Å². The molecule has 0 bridgehead atoms. The van der Waals surface area contributed by atoms with Crippen molar-refractivity contribution in [2.75, 3.05) is 12.4 Å². The molecule has 19 heavy (non-hydrogen) atoms. The number of benzene rings is 1. The van der Waals surface area contributed by atoms with Crippen molar-refractivity contribution in [3.63, 3.8) is 0 Å². The Morgan fingerprint density at radius 1 is 1.05 bits per heavy atom. The zero-order valence-corrected chi connectivity index (χ0v) is 15.4. The normalized spacial score (nSPS) is 10.8. The van der Waals surface area contributed by atoms with Crippen LogP contribution in [0.25, 0.3) is 0 Å². The van der Waals surface area contributed by atoms with Crippen LogP contribution in [0.15, 0.2) is 28.7 Å². The summed E-state index contributed by atoms with van der Waals surface area (Å²) in [5.74, 6) is 0.556. The van der Waals surface area contributed by atoms with Crippen molar-refractivity contribution in [1.29, 1.82) is 0 Å². The molecule has 0 radical (unpaired) electrons. The van der Waals surface area contributed by atoms with Gasteiger partial charge in [0.05, 0.1) is 16.7 Å². The van der Waals surface area contributed by atoms with Crippen molar-refractivity contribution in [2.45, 2.75) is 25.7 Å². The first-order valence-corrected chi connectivity index (χ1v) is 8.16. The Hall–Kier alpha value is 0.410. The molecule has 0 aliphatic carbocycles. The third-order valence-electron chi connectivity index (χ3n) is 2.37. The molecule has 0 fully saturated rings. The summed E-state index contributed by atoms with van der Waals surface area (Å²) >= 11 is 3.34. The quantitative estimate of drug-likeness (QED) is 0.371. The molecule has 0 heterocycles. The Balaban J connectivity index is 0.00000324. The molecule has 0 spiro atoms. The van der Waals surface area contributed by atoms with Crippen molar-refractivity contribution >= 4 is 26.0 Å². The van der Waals surface area contributed by atoms with Crippen molar-refractivity contribution in [3.8, 4) is 5.75 Å². The second-order valence-corrected chi connectivity index (χ2v) is 6.42. The zero-order chi connectivity index (χ0) is 13.4. The van der Waals surface area contributed by atoms with E-state index in [4.69, 9.17) is 4.74 Å². The monoisotopic (exact) mass is 358 g/mol. The Morgan fingerprint density at radius 3 is 2.21 bits per heavy atom. The Kier molecular flexibility index (Phi) is 10.4. The van der Waals surface area contributed by atoms with Crippen LogP contribution < -0.4 is 34.3 Å². The van der Waals surface area contributed by atoms with Gasteiger partial charge in [-0.2, -0.15) is 0 Å². The fourth-order valence-corrected chi connectivity index (χ4v) is 2.28. The predicted octanol–water partition coefficient (Wildman–Crippen LogP) is -0.0625. The summed E-state index contributed by atoms with van der Waals surface area (Å²) in [5, 5.41) is 0. The van der Waals surface area contributed by atoms with E-state index in [-0.39, 0.29) is 35.3 Å². The van der Waals surface area contributed by atoms with E-state index in [9.17, 15) is 13.0 Å². The van der Waals surface area contributed by atoms with Gasteiger partial charge in [-0.1, -0.05) is 28.8 Å². The minimum Gasteiger partial charge on any atom is -0.748 e. The molecule has 0 aliphatic heterocycles. The molecule has 0 aliphatic rings. The van der Waals surface area contributed by atoms with E-state index >= 15 is 0 Å². The molecule has 0 amide bonds. The van der Waals surface area contributed by atoms with Crippen LogP contribution in [0.4, 0.5) is 0 Å². The number of hydrogen-bond donors (Lipinski definition) is 0. The van der Waals surface area contributed by atoms with Crippen LogP contribution >= 0.6 is 15.9 Å². The largest absolute Gasteiger partial charge is 1.00 e. The molecule has 102 valence electrons. The van der Waals surface area contributed by atoms with E-state index in [1.165, 1.54) is 0 Å².